The van der Waals surface area contributed by atoms with Crippen molar-refractivity contribution in [3.8, 4) is 17.0 Å². The second kappa shape index (κ2) is 6.70. The molecule has 1 aliphatic rings. The number of hydrogen-bond acceptors (Lipinski definition) is 2. The number of para-hydroxylation sites is 1. The number of aromatic nitrogens is 2. The largest absolute Gasteiger partial charge is 0.492 e. The number of H-pyrrole nitrogens is 1. The first-order valence-corrected chi connectivity index (χ1v) is 9.55. The van der Waals surface area contributed by atoms with Crippen LogP contribution in [0.15, 0.2) is 53.1 Å². The van der Waals surface area contributed by atoms with E-state index in [2.05, 4.69) is 50.7 Å². The zero-order chi connectivity index (χ0) is 17.4. The van der Waals surface area contributed by atoms with E-state index >= 15 is 0 Å². The second-order valence-electron chi connectivity index (χ2n) is 5.78. The normalized spacial score (nSPS) is 12.6. The van der Waals surface area contributed by atoms with Crippen LogP contribution >= 0.6 is 27.5 Å². The molecule has 5 heteroatoms. The van der Waals surface area contributed by atoms with Gasteiger partial charge >= 0.3 is 0 Å². The van der Waals surface area contributed by atoms with Crippen molar-refractivity contribution in [2.75, 3.05) is 13.0 Å². The third-order valence-corrected chi connectivity index (χ3v) is 4.93. The summed E-state index contributed by atoms with van der Waals surface area (Å²) in [5.41, 5.74) is 5.47. The predicted octanol–water partition coefficient (Wildman–Crippen LogP) is 5.94. The molecule has 2 aromatic carbocycles. The highest BCUT2D eigenvalue weighted by Crippen LogP contribution is 2.41. The number of nitrogens with one attached hydrogen (secondary N) is 1. The molecule has 0 bridgehead atoms. The Bertz CT molecular complexity index is 1070. The Morgan fingerprint density at radius 2 is 1.96 bits per heavy atom. The zero-order valence-corrected chi connectivity index (χ0v) is 16.0. The average molecular weight is 416 g/mol. The summed E-state index contributed by atoms with van der Waals surface area (Å²) in [5, 5.41) is 2.28. The summed E-state index contributed by atoms with van der Waals surface area (Å²) >= 11 is 8.21. The van der Waals surface area contributed by atoms with Gasteiger partial charge in [0.1, 0.15) is 5.75 Å². The maximum Gasteiger partial charge on any atom is 0.134 e. The molecule has 0 amide bonds. The van der Waals surface area contributed by atoms with Gasteiger partial charge in [-0.1, -0.05) is 28.1 Å². The van der Waals surface area contributed by atoms with Gasteiger partial charge in [0.2, 0.25) is 0 Å². The first-order valence-electron chi connectivity index (χ1n) is 8.00. The molecule has 5 rings (SSSR count). The molecule has 0 aliphatic carbocycles. The fourth-order valence-corrected chi connectivity index (χ4v) is 3.75. The molecule has 1 N–H and O–H groups in total. The topological polar surface area (TPSA) is 37.9 Å². The molecule has 0 saturated heterocycles. The lowest BCUT2D eigenvalue weighted by atomic mass is 10.0. The Labute approximate surface area is 159 Å². The minimum absolute atomic E-state index is 0.726. The van der Waals surface area contributed by atoms with Crippen molar-refractivity contribution in [2.24, 2.45) is 0 Å². The summed E-state index contributed by atoms with van der Waals surface area (Å²) in [7, 11) is 0. The van der Waals surface area contributed by atoms with Crippen LogP contribution in [0.3, 0.4) is 0 Å². The Morgan fingerprint density at radius 3 is 2.84 bits per heavy atom. The van der Waals surface area contributed by atoms with E-state index in [-0.39, 0.29) is 0 Å². The van der Waals surface area contributed by atoms with Crippen LogP contribution in [0, 0.1) is 0 Å². The van der Waals surface area contributed by atoms with Crippen molar-refractivity contribution in [3.05, 3.63) is 58.7 Å². The summed E-state index contributed by atoms with van der Waals surface area (Å²) in [4.78, 5) is 8.31. The summed E-state index contributed by atoms with van der Waals surface area (Å²) in [6.07, 6.45) is 4.43. The fraction of sp³-hybridized carbons (Fsp3) is 0.150. The molecule has 0 atom stereocenters. The maximum absolute atomic E-state index is 5.93. The number of pyridine rings is 1. The van der Waals surface area contributed by atoms with Crippen molar-refractivity contribution in [1.82, 2.24) is 9.97 Å². The molecule has 126 valence electrons. The second-order valence-corrected chi connectivity index (χ2v) is 6.69. The predicted molar refractivity (Wildman–Crippen MR) is 108 cm³/mol. The van der Waals surface area contributed by atoms with Gasteiger partial charge in [-0.25, -0.2) is 4.98 Å². The summed E-state index contributed by atoms with van der Waals surface area (Å²) in [5.74, 6) is 0.995. The molecular formula is C20H16BrClN2O. The van der Waals surface area contributed by atoms with Crippen molar-refractivity contribution in [3.63, 3.8) is 0 Å². The molecule has 2 aromatic heterocycles. The molecular weight excluding hydrogens is 400 g/mol. The zero-order valence-electron chi connectivity index (χ0n) is 13.6. The Kier molecular flexibility index (Phi) is 4.40. The fourth-order valence-electron chi connectivity index (χ4n) is 3.38. The van der Waals surface area contributed by atoms with Gasteiger partial charge in [-0.3, -0.25) is 0 Å². The number of rotatable bonds is 1. The molecule has 0 unspecified atom stereocenters. The number of halogens is 2. The summed E-state index contributed by atoms with van der Waals surface area (Å²) in [6.45, 7) is 0.726. The third kappa shape index (κ3) is 2.70. The van der Waals surface area contributed by atoms with Gasteiger partial charge in [0, 0.05) is 50.9 Å². The van der Waals surface area contributed by atoms with E-state index in [0.29, 0.717) is 0 Å². The van der Waals surface area contributed by atoms with E-state index in [0.717, 1.165) is 50.9 Å². The third-order valence-electron chi connectivity index (χ3n) is 4.44. The van der Waals surface area contributed by atoms with E-state index in [9.17, 15) is 0 Å². The van der Waals surface area contributed by atoms with Crippen molar-refractivity contribution >= 4 is 49.3 Å². The maximum atomic E-state index is 5.93. The molecule has 0 radical (unpaired) electrons. The van der Waals surface area contributed by atoms with Gasteiger partial charge < -0.3 is 9.72 Å². The van der Waals surface area contributed by atoms with Crippen molar-refractivity contribution < 1.29 is 4.74 Å². The van der Waals surface area contributed by atoms with Crippen LogP contribution in [0.4, 0.5) is 0 Å². The van der Waals surface area contributed by atoms with E-state index in [1.165, 1.54) is 17.3 Å². The number of ether oxygens (including phenoxy) is 1. The molecule has 4 aromatic rings. The van der Waals surface area contributed by atoms with E-state index in [1.807, 2.05) is 30.5 Å². The lowest BCUT2D eigenvalue weighted by molar-refractivity contribution is 0.360. The SMILES string of the molecule is Brc1ccc2[nH]cc(-c3nc4ccccc4c4c3CCO4)c2c1.CCl. The quantitative estimate of drug-likeness (QED) is 0.391. The Balaban J connectivity index is 0.000000758. The van der Waals surface area contributed by atoms with E-state index in [1.54, 1.807) is 0 Å². The van der Waals surface area contributed by atoms with Crippen LogP contribution in [-0.2, 0) is 6.42 Å². The van der Waals surface area contributed by atoms with Crippen LogP contribution in [0.25, 0.3) is 33.1 Å². The minimum Gasteiger partial charge on any atom is -0.492 e. The van der Waals surface area contributed by atoms with Crippen molar-refractivity contribution in [1.29, 1.82) is 0 Å². The van der Waals surface area contributed by atoms with Gasteiger partial charge in [-0.2, -0.15) is 0 Å². The van der Waals surface area contributed by atoms with E-state index in [4.69, 9.17) is 9.72 Å². The number of aromatic amines is 1. The monoisotopic (exact) mass is 414 g/mol. The molecule has 0 fully saturated rings. The molecule has 1 aliphatic heterocycles. The lowest BCUT2D eigenvalue weighted by Gasteiger charge is -2.09. The molecule has 25 heavy (non-hydrogen) atoms. The standard InChI is InChI=1S/C19H13BrN2O.CH3Cl/c20-11-5-6-16-14(9-11)15(10-21-16)18-13-7-8-23-19(13)12-3-1-2-4-17(12)22-18;1-2/h1-6,9-10,21H,7-8H2;1H3. The van der Waals surface area contributed by atoms with Gasteiger partial charge in [-0.15, -0.1) is 11.6 Å². The molecule has 0 saturated carbocycles. The van der Waals surface area contributed by atoms with Gasteiger partial charge in [0.25, 0.3) is 0 Å². The van der Waals surface area contributed by atoms with Gasteiger partial charge in [-0.05, 0) is 30.3 Å². The Hall–Kier alpha value is -2.04. The molecule has 3 heterocycles. The first-order chi connectivity index (χ1) is 12.3. The number of fused-ring (bicyclic) bond motifs is 4. The highest BCUT2D eigenvalue weighted by atomic mass is 79.9. The first kappa shape index (κ1) is 16.4. The minimum atomic E-state index is 0.726. The van der Waals surface area contributed by atoms with Gasteiger partial charge in [0.15, 0.2) is 0 Å². The van der Waals surface area contributed by atoms with Crippen LogP contribution in [-0.4, -0.2) is 23.0 Å². The lowest BCUT2D eigenvalue weighted by Crippen LogP contribution is -1.92. The van der Waals surface area contributed by atoms with E-state index < -0.39 is 0 Å². The van der Waals surface area contributed by atoms with Crippen molar-refractivity contribution in [2.45, 2.75) is 6.42 Å². The van der Waals surface area contributed by atoms with Crippen LogP contribution in [0.5, 0.6) is 5.75 Å². The molecule has 3 nitrogen and oxygen atoms in total. The Morgan fingerprint density at radius 1 is 1.12 bits per heavy atom. The molecule has 0 spiro atoms. The summed E-state index contributed by atoms with van der Waals surface area (Å²) < 4.78 is 7.00. The summed E-state index contributed by atoms with van der Waals surface area (Å²) in [6, 6.07) is 14.5. The van der Waals surface area contributed by atoms with Crippen LogP contribution in [0.2, 0.25) is 0 Å². The number of benzene rings is 2. The van der Waals surface area contributed by atoms with Crippen LogP contribution in [0.1, 0.15) is 5.56 Å². The highest BCUT2D eigenvalue weighted by molar-refractivity contribution is 9.10. The highest BCUT2D eigenvalue weighted by Gasteiger charge is 2.23. The average Bonchev–Trinajstić information content (AvgIpc) is 3.30. The number of nitrogens with zero attached hydrogens (tertiary/aromatic N) is 1. The van der Waals surface area contributed by atoms with Gasteiger partial charge in [0.05, 0.1) is 17.8 Å². The van der Waals surface area contributed by atoms with Crippen LogP contribution < -0.4 is 4.74 Å². The number of alkyl halides is 1. The smallest absolute Gasteiger partial charge is 0.134 e. The number of hydrogen-bond donors (Lipinski definition) is 1.